The fourth-order valence-corrected chi connectivity index (χ4v) is 1.48. The highest BCUT2D eigenvalue weighted by molar-refractivity contribution is 7.71. The first-order chi connectivity index (χ1) is 8.16. The highest BCUT2D eigenvalue weighted by Crippen LogP contribution is 2.13. The molecule has 86 valence electrons. The van der Waals surface area contributed by atoms with Crippen LogP contribution in [0.3, 0.4) is 0 Å². The highest BCUT2D eigenvalue weighted by Gasteiger charge is 1.95. The standard InChI is InChI=1S/C11H10N4OS/c1-8-3-2-4-9(7-8)13-14-15-10(16)5-6-12-11(15)17/h2-7H,1H3,(H,12,17). The Balaban J connectivity index is 2.39. The van der Waals surface area contributed by atoms with Gasteiger partial charge in [-0.2, -0.15) is 4.68 Å². The molecule has 0 aliphatic rings. The monoisotopic (exact) mass is 246 g/mol. The van der Waals surface area contributed by atoms with Gasteiger partial charge in [0.15, 0.2) is 0 Å². The molecule has 0 amide bonds. The maximum absolute atomic E-state index is 11.5. The second-order valence-corrected chi connectivity index (χ2v) is 3.85. The smallest absolute Gasteiger partial charge is 0.276 e. The normalized spacial score (nSPS) is 10.9. The van der Waals surface area contributed by atoms with Crippen LogP contribution < -0.4 is 5.56 Å². The predicted molar refractivity (Wildman–Crippen MR) is 67.0 cm³/mol. The van der Waals surface area contributed by atoms with Crippen molar-refractivity contribution in [3.63, 3.8) is 0 Å². The largest absolute Gasteiger partial charge is 0.337 e. The van der Waals surface area contributed by atoms with E-state index in [-0.39, 0.29) is 10.3 Å². The van der Waals surface area contributed by atoms with Gasteiger partial charge < -0.3 is 4.98 Å². The number of aromatic amines is 1. The van der Waals surface area contributed by atoms with Gasteiger partial charge in [-0.05, 0) is 36.8 Å². The van der Waals surface area contributed by atoms with E-state index in [1.807, 2.05) is 25.1 Å². The summed E-state index contributed by atoms with van der Waals surface area (Å²) in [4.78, 5) is 14.2. The Morgan fingerprint density at radius 3 is 2.88 bits per heavy atom. The van der Waals surface area contributed by atoms with Gasteiger partial charge >= 0.3 is 0 Å². The Morgan fingerprint density at radius 1 is 1.35 bits per heavy atom. The lowest BCUT2D eigenvalue weighted by Crippen LogP contribution is -2.15. The molecule has 0 saturated heterocycles. The van der Waals surface area contributed by atoms with Crippen LogP contribution in [0.2, 0.25) is 0 Å². The third-order valence-electron chi connectivity index (χ3n) is 2.09. The van der Waals surface area contributed by atoms with Crippen molar-refractivity contribution in [2.45, 2.75) is 6.92 Å². The molecule has 0 saturated carbocycles. The molecule has 1 aromatic heterocycles. The molecule has 1 heterocycles. The minimum atomic E-state index is -0.315. The molecule has 2 rings (SSSR count). The number of hydrogen-bond donors (Lipinski definition) is 1. The van der Waals surface area contributed by atoms with Crippen molar-refractivity contribution >= 4 is 17.9 Å². The fraction of sp³-hybridized carbons (Fsp3) is 0.0909. The lowest BCUT2D eigenvalue weighted by molar-refractivity contribution is 0.727. The Labute approximate surface area is 102 Å². The summed E-state index contributed by atoms with van der Waals surface area (Å²) < 4.78 is 1.26. The zero-order chi connectivity index (χ0) is 12.3. The summed E-state index contributed by atoms with van der Waals surface area (Å²) in [5.41, 5.74) is 1.44. The molecule has 5 nitrogen and oxygen atoms in total. The van der Waals surface area contributed by atoms with Gasteiger partial charge in [0.25, 0.3) is 5.56 Å². The summed E-state index contributed by atoms with van der Waals surface area (Å²) in [7, 11) is 0. The molecule has 0 aliphatic heterocycles. The van der Waals surface area contributed by atoms with Crippen molar-refractivity contribution in [2.24, 2.45) is 10.3 Å². The predicted octanol–water partition coefficient (Wildman–Crippen LogP) is 2.76. The Hall–Kier alpha value is -2.08. The molecule has 2 aromatic rings. The van der Waals surface area contributed by atoms with Crippen molar-refractivity contribution < 1.29 is 0 Å². The summed E-state index contributed by atoms with van der Waals surface area (Å²) in [6.07, 6.45) is 1.48. The molecular weight excluding hydrogens is 236 g/mol. The van der Waals surface area contributed by atoms with Gasteiger partial charge in [0.05, 0.1) is 5.69 Å². The van der Waals surface area contributed by atoms with Gasteiger partial charge in [0, 0.05) is 12.3 Å². The molecule has 0 aliphatic carbocycles. The Kier molecular flexibility index (Phi) is 3.24. The van der Waals surface area contributed by atoms with Crippen LogP contribution >= 0.6 is 12.2 Å². The molecule has 0 bridgehead atoms. The highest BCUT2D eigenvalue weighted by atomic mass is 32.1. The molecule has 0 unspecified atom stereocenters. The van der Waals surface area contributed by atoms with Crippen LogP contribution in [0, 0.1) is 11.7 Å². The Morgan fingerprint density at radius 2 is 2.18 bits per heavy atom. The van der Waals surface area contributed by atoms with Crippen molar-refractivity contribution in [3.05, 3.63) is 57.2 Å². The molecule has 0 atom stereocenters. The van der Waals surface area contributed by atoms with E-state index >= 15 is 0 Å². The lowest BCUT2D eigenvalue weighted by atomic mass is 10.2. The third kappa shape index (κ3) is 2.73. The van der Waals surface area contributed by atoms with Crippen molar-refractivity contribution in [3.8, 4) is 0 Å². The summed E-state index contributed by atoms with van der Waals surface area (Å²) in [5, 5.41) is 7.77. The molecule has 17 heavy (non-hydrogen) atoms. The minimum absolute atomic E-state index is 0.217. The molecular formula is C11H10N4OS. The maximum Gasteiger partial charge on any atom is 0.276 e. The summed E-state index contributed by atoms with van der Waals surface area (Å²) in [6, 6.07) is 8.84. The van der Waals surface area contributed by atoms with Crippen LogP contribution in [-0.4, -0.2) is 9.66 Å². The second kappa shape index (κ2) is 4.84. The number of benzene rings is 1. The van der Waals surface area contributed by atoms with Gasteiger partial charge in [-0.15, -0.1) is 5.11 Å². The van der Waals surface area contributed by atoms with Crippen LogP contribution in [0.25, 0.3) is 0 Å². The van der Waals surface area contributed by atoms with E-state index in [4.69, 9.17) is 12.2 Å². The molecule has 0 radical (unpaired) electrons. The van der Waals surface area contributed by atoms with Crippen molar-refractivity contribution in [1.82, 2.24) is 9.66 Å². The second-order valence-electron chi connectivity index (χ2n) is 3.46. The van der Waals surface area contributed by atoms with Gasteiger partial charge in [-0.1, -0.05) is 17.4 Å². The number of hydrogen-bond acceptors (Lipinski definition) is 4. The third-order valence-corrected chi connectivity index (χ3v) is 2.38. The van der Waals surface area contributed by atoms with E-state index in [0.717, 1.165) is 10.2 Å². The van der Waals surface area contributed by atoms with Crippen LogP contribution in [0.4, 0.5) is 5.69 Å². The number of aryl methyl sites for hydroxylation is 1. The van der Waals surface area contributed by atoms with E-state index in [0.29, 0.717) is 5.69 Å². The summed E-state index contributed by atoms with van der Waals surface area (Å²) >= 11 is 4.93. The van der Waals surface area contributed by atoms with Crippen LogP contribution in [0.15, 0.2) is 51.7 Å². The minimum Gasteiger partial charge on any atom is -0.337 e. The van der Waals surface area contributed by atoms with Crippen molar-refractivity contribution in [1.29, 1.82) is 0 Å². The maximum atomic E-state index is 11.5. The molecule has 0 fully saturated rings. The van der Waals surface area contributed by atoms with E-state index in [1.54, 1.807) is 6.07 Å². The van der Waals surface area contributed by atoms with Crippen LogP contribution in [-0.2, 0) is 0 Å². The molecule has 1 N–H and O–H groups in total. The van der Waals surface area contributed by atoms with E-state index in [2.05, 4.69) is 15.3 Å². The molecule has 6 heteroatoms. The first-order valence-corrected chi connectivity index (χ1v) is 5.37. The average Bonchev–Trinajstić information content (AvgIpc) is 2.28. The number of rotatable bonds is 2. The zero-order valence-corrected chi connectivity index (χ0v) is 9.94. The topological polar surface area (TPSA) is 62.5 Å². The van der Waals surface area contributed by atoms with Crippen molar-refractivity contribution in [2.75, 3.05) is 0 Å². The SMILES string of the molecule is Cc1cccc(N=Nn2c(=O)cc[nH]c2=S)c1. The van der Waals surface area contributed by atoms with Gasteiger partial charge in [0.2, 0.25) is 4.77 Å². The quantitative estimate of drug-likeness (QED) is 0.654. The first kappa shape index (κ1) is 11.4. The van der Waals surface area contributed by atoms with E-state index < -0.39 is 0 Å². The van der Waals surface area contributed by atoms with Crippen LogP contribution in [0.5, 0.6) is 0 Å². The zero-order valence-electron chi connectivity index (χ0n) is 9.12. The van der Waals surface area contributed by atoms with Gasteiger partial charge in [-0.25, -0.2) is 0 Å². The Bertz CT molecular complexity index is 643. The average molecular weight is 246 g/mol. The number of aromatic nitrogens is 2. The summed E-state index contributed by atoms with van der Waals surface area (Å²) in [5.74, 6) is 0. The summed E-state index contributed by atoms with van der Waals surface area (Å²) in [6.45, 7) is 1.96. The lowest BCUT2D eigenvalue weighted by Gasteiger charge is -1.96. The molecule has 0 spiro atoms. The molecule has 1 aromatic carbocycles. The first-order valence-electron chi connectivity index (χ1n) is 4.96. The number of H-pyrrole nitrogens is 1. The number of nitrogens with one attached hydrogen (secondary N) is 1. The van der Waals surface area contributed by atoms with Crippen LogP contribution in [0.1, 0.15) is 5.56 Å². The fourth-order valence-electron chi connectivity index (χ4n) is 1.29. The van der Waals surface area contributed by atoms with Gasteiger partial charge in [0.1, 0.15) is 0 Å². The van der Waals surface area contributed by atoms with E-state index in [1.165, 1.54) is 12.3 Å². The van der Waals surface area contributed by atoms with Gasteiger partial charge in [-0.3, -0.25) is 4.79 Å². The van der Waals surface area contributed by atoms with E-state index in [9.17, 15) is 4.79 Å². The number of nitrogens with zero attached hydrogens (tertiary/aromatic N) is 3.